The van der Waals surface area contributed by atoms with Gasteiger partial charge in [0, 0.05) is 24.3 Å². The lowest BCUT2D eigenvalue weighted by Crippen LogP contribution is -2.27. The van der Waals surface area contributed by atoms with Gasteiger partial charge in [-0.15, -0.1) is 11.8 Å². The molecule has 1 fully saturated rings. The Balaban J connectivity index is 2.10. The van der Waals surface area contributed by atoms with Crippen molar-refractivity contribution in [3.05, 3.63) is 22.9 Å². The van der Waals surface area contributed by atoms with Crippen LogP contribution in [0.15, 0.2) is 16.1 Å². The average molecular weight is 276 g/mol. The van der Waals surface area contributed by atoms with E-state index in [4.69, 9.17) is 4.74 Å². The van der Waals surface area contributed by atoms with Crippen LogP contribution in [0.2, 0.25) is 0 Å². The maximum absolute atomic E-state index is 12.2. The molecule has 100 valence electrons. The lowest BCUT2D eigenvalue weighted by Gasteiger charge is -2.24. The van der Waals surface area contributed by atoms with E-state index in [0.29, 0.717) is 6.61 Å². The molecule has 0 N–H and O–H groups in total. The summed E-state index contributed by atoms with van der Waals surface area (Å²) in [5, 5.41) is 0.961. The van der Waals surface area contributed by atoms with E-state index in [1.165, 1.54) is 0 Å². The summed E-state index contributed by atoms with van der Waals surface area (Å²) in [5.74, 6) is -0.0887. The highest BCUT2D eigenvalue weighted by Crippen LogP contribution is 2.36. The van der Waals surface area contributed by atoms with Crippen LogP contribution in [0.3, 0.4) is 0 Å². The summed E-state index contributed by atoms with van der Waals surface area (Å²) in [6, 6.07) is 2.05. The second kappa shape index (κ2) is 5.06. The van der Waals surface area contributed by atoms with E-state index < -0.39 is 0 Å². The normalized spacial score (nSPS) is 25.7. The Morgan fingerprint density at radius 2 is 2.32 bits per heavy atom. The molecule has 3 heterocycles. The van der Waals surface area contributed by atoms with Gasteiger partial charge in [0.2, 0.25) is 0 Å². The van der Waals surface area contributed by atoms with Crippen LogP contribution in [0.1, 0.15) is 29.2 Å². The fourth-order valence-electron chi connectivity index (χ4n) is 2.75. The van der Waals surface area contributed by atoms with Gasteiger partial charge in [-0.1, -0.05) is 0 Å². The highest BCUT2D eigenvalue weighted by atomic mass is 32.2. The van der Waals surface area contributed by atoms with Gasteiger partial charge in [0.05, 0.1) is 23.2 Å². The van der Waals surface area contributed by atoms with Crippen molar-refractivity contribution in [1.29, 1.82) is 0 Å². The van der Waals surface area contributed by atoms with Crippen molar-refractivity contribution >= 4 is 23.9 Å². The first-order valence-corrected chi connectivity index (χ1v) is 7.64. The lowest BCUT2D eigenvalue weighted by atomic mass is 9.83. The van der Waals surface area contributed by atoms with Crippen molar-refractivity contribution in [2.75, 3.05) is 19.5 Å². The average Bonchev–Trinajstić information content (AvgIpc) is 2.91. The molecule has 2 aliphatic heterocycles. The third-order valence-electron chi connectivity index (χ3n) is 3.80. The Labute approximate surface area is 116 Å². The molecule has 0 aliphatic carbocycles. The number of fused-ring (bicyclic) bond motifs is 1. The maximum Gasteiger partial charge on any atom is 0.255 e. The fourth-order valence-corrected chi connectivity index (χ4v) is 3.24. The first-order valence-electron chi connectivity index (χ1n) is 6.42. The Bertz CT molecular complexity index is 551. The van der Waals surface area contributed by atoms with Crippen LogP contribution >= 0.6 is 11.8 Å². The van der Waals surface area contributed by atoms with Gasteiger partial charge in [-0.25, -0.2) is 9.98 Å². The minimum atomic E-state index is -0.228. The number of aromatic nitrogens is 1. The molecule has 3 rings (SSSR count). The monoisotopic (exact) mass is 276 g/mol. The topological polar surface area (TPSA) is 51.5 Å². The highest BCUT2D eigenvalue weighted by molar-refractivity contribution is 7.98. The van der Waals surface area contributed by atoms with Gasteiger partial charge in [0.1, 0.15) is 0 Å². The summed E-state index contributed by atoms with van der Waals surface area (Å²) in [5.41, 5.74) is 3.03. The molecule has 1 aromatic heterocycles. The SMILES string of the molecule is CSc1cc(C)c2c(n1)C(C1CCOC1)C(=O)N=C2. The van der Waals surface area contributed by atoms with Crippen LogP contribution in [0.25, 0.3) is 0 Å². The molecule has 1 aromatic rings. The summed E-state index contributed by atoms with van der Waals surface area (Å²) < 4.78 is 5.42. The van der Waals surface area contributed by atoms with Crippen LogP contribution in [-0.2, 0) is 9.53 Å². The molecule has 2 unspecified atom stereocenters. The molecule has 1 amide bonds. The Kier molecular flexibility index (Phi) is 3.41. The first kappa shape index (κ1) is 12.8. The van der Waals surface area contributed by atoms with Gasteiger partial charge < -0.3 is 4.74 Å². The molecule has 1 saturated heterocycles. The van der Waals surface area contributed by atoms with E-state index >= 15 is 0 Å². The number of hydrogen-bond acceptors (Lipinski definition) is 4. The predicted molar refractivity (Wildman–Crippen MR) is 75.0 cm³/mol. The number of amides is 1. The van der Waals surface area contributed by atoms with E-state index in [2.05, 4.69) is 9.98 Å². The minimum absolute atomic E-state index is 0.0758. The van der Waals surface area contributed by atoms with Gasteiger partial charge in [0.25, 0.3) is 5.91 Å². The summed E-state index contributed by atoms with van der Waals surface area (Å²) in [4.78, 5) is 20.9. The number of aryl methyl sites for hydroxylation is 1. The van der Waals surface area contributed by atoms with Crippen molar-refractivity contribution in [3.63, 3.8) is 0 Å². The number of carbonyl (C=O) groups is 1. The smallest absolute Gasteiger partial charge is 0.255 e. The molecule has 2 aliphatic rings. The molecule has 0 saturated carbocycles. The number of nitrogens with zero attached hydrogens (tertiary/aromatic N) is 2. The van der Waals surface area contributed by atoms with E-state index in [1.807, 2.05) is 19.2 Å². The molecule has 0 spiro atoms. The van der Waals surface area contributed by atoms with E-state index in [9.17, 15) is 4.79 Å². The summed E-state index contributed by atoms with van der Waals surface area (Å²) in [6.07, 6.45) is 4.58. The highest BCUT2D eigenvalue weighted by Gasteiger charge is 2.37. The zero-order chi connectivity index (χ0) is 13.4. The van der Waals surface area contributed by atoms with Crippen LogP contribution in [-0.4, -0.2) is 36.6 Å². The standard InChI is InChI=1S/C14H16N2O2S/c1-8-5-11(19-2)16-13-10(8)6-15-14(17)12(13)9-3-4-18-7-9/h5-6,9,12H,3-4,7H2,1-2H3. The number of rotatable bonds is 2. The molecule has 4 nitrogen and oxygen atoms in total. The Morgan fingerprint density at radius 1 is 1.47 bits per heavy atom. The van der Waals surface area contributed by atoms with Crippen LogP contribution in [0.5, 0.6) is 0 Å². The molecule has 2 atom stereocenters. The Hall–Kier alpha value is -1.20. The number of pyridine rings is 1. The zero-order valence-corrected chi connectivity index (χ0v) is 11.9. The number of hydrogen-bond donors (Lipinski definition) is 0. The molecular formula is C14H16N2O2S. The van der Waals surface area contributed by atoms with Crippen molar-refractivity contribution in [3.8, 4) is 0 Å². The molecule has 19 heavy (non-hydrogen) atoms. The first-order chi connectivity index (χ1) is 9.20. The largest absolute Gasteiger partial charge is 0.381 e. The van der Waals surface area contributed by atoms with Crippen molar-refractivity contribution < 1.29 is 9.53 Å². The number of aliphatic imine (C=N–C) groups is 1. The van der Waals surface area contributed by atoms with E-state index in [1.54, 1.807) is 18.0 Å². The van der Waals surface area contributed by atoms with Gasteiger partial charge in [-0.05, 0) is 31.2 Å². The van der Waals surface area contributed by atoms with Crippen LogP contribution in [0.4, 0.5) is 0 Å². The zero-order valence-electron chi connectivity index (χ0n) is 11.0. The maximum atomic E-state index is 12.2. The fraction of sp³-hybridized carbons (Fsp3) is 0.500. The van der Waals surface area contributed by atoms with Gasteiger partial charge >= 0.3 is 0 Å². The number of ether oxygens (including phenoxy) is 1. The van der Waals surface area contributed by atoms with E-state index in [-0.39, 0.29) is 17.7 Å². The molecule has 5 heteroatoms. The predicted octanol–water partition coefficient (Wildman–Crippen LogP) is 2.19. The van der Waals surface area contributed by atoms with Gasteiger partial charge in [-0.2, -0.15) is 0 Å². The Morgan fingerprint density at radius 3 is 3.00 bits per heavy atom. The molecular weight excluding hydrogens is 260 g/mol. The summed E-state index contributed by atoms with van der Waals surface area (Å²) in [7, 11) is 0. The van der Waals surface area contributed by atoms with Crippen LogP contribution in [0, 0.1) is 12.8 Å². The second-order valence-corrected chi connectivity index (χ2v) is 5.80. The summed E-state index contributed by atoms with van der Waals surface area (Å²) in [6.45, 7) is 3.41. The summed E-state index contributed by atoms with van der Waals surface area (Å²) >= 11 is 1.60. The second-order valence-electron chi connectivity index (χ2n) is 4.98. The number of thioether (sulfide) groups is 1. The minimum Gasteiger partial charge on any atom is -0.381 e. The van der Waals surface area contributed by atoms with Crippen LogP contribution < -0.4 is 0 Å². The molecule has 0 bridgehead atoms. The third-order valence-corrected chi connectivity index (χ3v) is 4.43. The van der Waals surface area contributed by atoms with Crippen molar-refractivity contribution in [1.82, 2.24) is 4.98 Å². The third kappa shape index (κ3) is 2.21. The van der Waals surface area contributed by atoms with Crippen molar-refractivity contribution in [2.24, 2.45) is 10.9 Å². The van der Waals surface area contributed by atoms with E-state index in [0.717, 1.165) is 34.9 Å². The lowest BCUT2D eigenvalue weighted by molar-refractivity contribution is -0.120. The van der Waals surface area contributed by atoms with Gasteiger partial charge in [0.15, 0.2) is 0 Å². The quantitative estimate of drug-likeness (QED) is 0.777. The number of carbonyl (C=O) groups excluding carboxylic acids is 1. The molecule has 0 radical (unpaired) electrons. The van der Waals surface area contributed by atoms with Crippen molar-refractivity contribution in [2.45, 2.75) is 24.3 Å². The van der Waals surface area contributed by atoms with Gasteiger partial charge in [-0.3, -0.25) is 4.79 Å². The molecule has 0 aromatic carbocycles.